The molecule has 3 aliphatic rings. The van der Waals surface area contributed by atoms with Crippen LogP contribution in [0.2, 0.25) is 0 Å². The molecule has 0 spiro atoms. The minimum atomic E-state index is 0.474. The van der Waals surface area contributed by atoms with Crippen LogP contribution in [0.1, 0.15) is 51.4 Å². The summed E-state index contributed by atoms with van der Waals surface area (Å²) in [6.07, 6.45) is 11.6. The molecule has 0 aromatic heterocycles. The Balaban J connectivity index is 1.56. The maximum absolute atomic E-state index is 3.94. The molecule has 1 N–H and O–H groups in total. The van der Waals surface area contributed by atoms with E-state index >= 15 is 0 Å². The largest absolute Gasteiger partial charge is 0.312 e. The van der Waals surface area contributed by atoms with Gasteiger partial charge in [0.2, 0.25) is 0 Å². The van der Waals surface area contributed by atoms with E-state index in [2.05, 4.69) is 24.3 Å². The van der Waals surface area contributed by atoms with E-state index in [0.717, 1.165) is 17.9 Å². The molecule has 3 rings (SSSR count). The molecule has 0 aromatic carbocycles. The monoisotopic (exact) mass is 236 g/mol. The van der Waals surface area contributed by atoms with Gasteiger partial charge in [0.1, 0.15) is 0 Å². The first kappa shape index (κ1) is 12.0. The predicted molar refractivity (Wildman–Crippen MR) is 72.1 cm³/mol. The van der Waals surface area contributed by atoms with Gasteiger partial charge in [-0.3, -0.25) is 0 Å². The van der Waals surface area contributed by atoms with Crippen LogP contribution < -0.4 is 5.32 Å². The first-order valence-corrected chi connectivity index (χ1v) is 7.60. The van der Waals surface area contributed by atoms with Crippen molar-refractivity contribution in [3.63, 3.8) is 0 Å². The van der Waals surface area contributed by atoms with Crippen molar-refractivity contribution in [3.05, 3.63) is 0 Å². The second kappa shape index (κ2) is 4.55. The van der Waals surface area contributed by atoms with Gasteiger partial charge in [0.05, 0.1) is 0 Å². The number of hydrogen-bond acceptors (Lipinski definition) is 2. The molecule has 3 fully saturated rings. The van der Waals surface area contributed by atoms with Crippen LogP contribution in [-0.2, 0) is 0 Å². The molecular weight excluding hydrogens is 208 g/mol. The van der Waals surface area contributed by atoms with Gasteiger partial charge in [-0.05, 0) is 58.0 Å². The fourth-order valence-electron chi connectivity index (χ4n) is 4.63. The van der Waals surface area contributed by atoms with Crippen LogP contribution in [0.15, 0.2) is 0 Å². The molecule has 3 saturated carbocycles. The molecule has 0 radical (unpaired) electrons. The molecule has 3 unspecified atom stereocenters. The van der Waals surface area contributed by atoms with Crippen molar-refractivity contribution in [3.8, 4) is 0 Å². The lowest BCUT2D eigenvalue weighted by Crippen LogP contribution is -2.52. The second-order valence-corrected chi connectivity index (χ2v) is 6.99. The van der Waals surface area contributed by atoms with Gasteiger partial charge < -0.3 is 10.2 Å². The Labute approximate surface area is 106 Å². The molecule has 2 nitrogen and oxygen atoms in total. The van der Waals surface area contributed by atoms with E-state index in [4.69, 9.17) is 0 Å². The van der Waals surface area contributed by atoms with Crippen LogP contribution >= 0.6 is 0 Å². The maximum Gasteiger partial charge on any atom is 0.0327 e. The van der Waals surface area contributed by atoms with E-state index in [1.807, 2.05) is 0 Å². The molecule has 0 amide bonds. The molecule has 2 bridgehead atoms. The van der Waals surface area contributed by atoms with Gasteiger partial charge >= 0.3 is 0 Å². The molecule has 0 saturated heterocycles. The molecule has 0 heterocycles. The summed E-state index contributed by atoms with van der Waals surface area (Å²) in [5.74, 6) is 2.08. The third-order valence-electron chi connectivity index (χ3n) is 5.91. The molecule has 98 valence electrons. The summed E-state index contributed by atoms with van der Waals surface area (Å²) in [4.78, 5) is 2.49. The predicted octanol–water partition coefficient (Wildman–Crippen LogP) is 2.64. The lowest BCUT2D eigenvalue weighted by molar-refractivity contribution is 0.143. The summed E-state index contributed by atoms with van der Waals surface area (Å²) in [5, 5.41) is 3.94. The van der Waals surface area contributed by atoms with Crippen LogP contribution in [-0.4, -0.2) is 37.1 Å². The van der Waals surface area contributed by atoms with Gasteiger partial charge in [0, 0.05) is 18.1 Å². The highest BCUT2D eigenvalue weighted by molar-refractivity contribution is 4.99. The fraction of sp³-hybridized carbons (Fsp3) is 1.00. The molecule has 2 heteroatoms. The zero-order valence-electron chi connectivity index (χ0n) is 11.5. The van der Waals surface area contributed by atoms with Crippen LogP contribution in [0.3, 0.4) is 0 Å². The van der Waals surface area contributed by atoms with Crippen molar-refractivity contribution in [2.75, 3.05) is 20.6 Å². The number of nitrogens with one attached hydrogen (secondary N) is 1. The van der Waals surface area contributed by atoms with E-state index in [-0.39, 0.29) is 0 Å². The average molecular weight is 236 g/mol. The van der Waals surface area contributed by atoms with Crippen molar-refractivity contribution >= 4 is 0 Å². The normalized spacial score (nSPS) is 39.4. The van der Waals surface area contributed by atoms with Crippen molar-refractivity contribution in [1.29, 1.82) is 0 Å². The van der Waals surface area contributed by atoms with Crippen LogP contribution in [0.5, 0.6) is 0 Å². The van der Waals surface area contributed by atoms with Gasteiger partial charge in [-0.1, -0.05) is 19.3 Å². The lowest BCUT2D eigenvalue weighted by Gasteiger charge is -2.38. The number of fused-ring (bicyclic) bond motifs is 2. The van der Waals surface area contributed by atoms with Gasteiger partial charge in [-0.25, -0.2) is 0 Å². The topological polar surface area (TPSA) is 15.3 Å². The average Bonchev–Trinajstić information content (AvgIpc) is 3.02. The highest BCUT2D eigenvalue weighted by Gasteiger charge is 2.41. The van der Waals surface area contributed by atoms with E-state index in [0.29, 0.717) is 5.54 Å². The molecule has 0 aromatic rings. The SMILES string of the molecule is CN(C)C1(CNC2CC3CCC2C3)CCCC1. The summed E-state index contributed by atoms with van der Waals surface area (Å²) in [6, 6.07) is 0.853. The van der Waals surface area contributed by atoms with Crippen LogP contribution in [0, 0.1) is 11.8 Å². The van der Waals surface area contributed by atoms with E-state index in [9.17, 15) is 0 Å². The van der Waals surface area contributed by atoms with Crippen molar-refractivity contribution < 1.29 is 0 Å². The van der Waals surface area contributed by atoms with E-state index in [1.54, 1.807) is 0 Å². The quantitative estimate of drug-likeness (QED) is 0.807. The van der Waals surface area contributed by atoms with Crippen LogP contribution in [0.4, 0.5) is 0 Å². The standard InChI is InChI=1S/C15H28N2/c1-17(2)15(7-3-4-8-15)11-16-14-10-12-5-6-13(14)9-12/h12-14,16H,3-11H2,1-2H3. The van der Waals surface area contributed by atoms with Crippen molar-refractivity contribution in [1.82, 2.24) is 10.2 Å². The molecule has 0 aliphatic heterocycles. The van der Waals surface area contributed by atoms with E-state index < -0.39 is 0 Å². The Morgan fingerprint density at radius 3 is 2.41 bits per heavy atom. The molecular formula is C15H28N2. The van der Waals surface area contributed by atoms with Gasteiger partial charge in [0.15, 0.2) is 0 Å². The van der Waals surface area contributed by atoms with Gasteiger partial charge in [-0.15, -0.1) is 0 Å². The minimum Gasteiger partial charge on any atom is -0.312 e. The first-order chi connectivity index (χ1) is 8.20. The Hall–Kier alpha value is -0.0800. The zero-order chi connectivity index (χ0) is 11.9. The van der Waals surface area contributed by atoms with Gasteiger partial charge in [0.25, 0.3) is 0 Å². The summed E-state index contributed by atoms with van der Waals surface area (Å²) >= 11 is 0. The van der Waals surface area contributed by atoms with Crippen LogP contribution in [0.25, 0.3) is 0 Å². The Kier molecular flexibility index (Phi) is 3.20. The highest BCUT2D eigenvalue weighted by atomic mass is 15.2. The van der Waals surface area contributed by atoms with E-state index in [1.165, 1.54) is 57.9 Å². The molecule has 17 heavy (non-hydrogen) atoms. The fourth-order valence-corrected chi connectivity index (χ4v) is 4.63. The smallest absolute Gasteiger partial charge is 0.0327 e. The number of likely N-dealkylation sites (N-methyl/N-ethyl adjacent to an activating group) is 1. The number of rotatable bonds is 4. The minimum absolute atomic E-state index is 0.474. The summed E-state index contributed by atoms with van der Waals surface area (Å²) in [7, 11) is 4.54. The Morgan fingerprint density at radius 2 is 1.88 bits per heavy atom. The highest BCUT2D eigenvalue weighted by Crippen LogP contribution is 2.44. The maximum atomic E-state index is 3.94. The van der Waals surface area contributed by atoms with Gasteiger partial charge in [-0.2, -0.15) is 0 Å². The summed E-state index contributed by atoms with van der Waals surface area (Å²) < 4.78 is 0. The lowest BCUT2D eigenvalue weighted by atomic mass is 9.92. The molecule has 3 atom stereocenters. The Bertz CT molecular complexity index is 268. The first-order valence-electron chi connectivity index (χ1n) is 7.60. The summed E-state index contributed by atoms with van der Waals surface area (Å²) in [6.45, 7) is 1.23. The van der Waals surface area contributed by atoms with Crippen molar-refractivity contribution in [2.45, 2.75) is 62.9 Å². The van der Waals surface area contributed by atoms with Crippen molar-refractivity contribution in [2.24, 2.45) is 11.8 Å². The number of hydrogen-bond donors (Lipinski definition) is 1. The third-order valence-corrected chi connectivity index (χ3v) is 5.91. The second-order valence-electron chi connectivity index (χ2n) is 6.99. The third kappa shape index (κ3) is 2.15. The molecule has 3 aliphatic carbocycles. The zero-order valence-corrected chi connectivity index (χ0v) is 11.5. The summed E-state index contributed by atoms with van der Waals surface area (Å²) in [5.41, 5.74) is 0.474. The Morgan fingerprint density at radius 1 is 1.12 bits per heavy atom. The number of nitrogens with zero attached hydrogens (tertiary/aromatic N) is 1.